The molecule has 3 aromatic carbocycles. The number of aromatic nitrogens is 3. The summed E-state index contributed by atoms with van der Waals surface area (Å²) in [5.41, 5.74) is 5.60. The highest BCUT2D eigenvalue weighted by molar-refractivity contribution is 7.13. The van der Waals surface area contributed by atoms with Gasteiger partial charge in [0.25, 0.3) is 0 Å². The van der Waals surface area contributed by atoms with Crippen LogP contribution in [0, 0.1) is 18.2 Å². The summed E-state index contributed by atoms with van der Waals surface area (Å²) in [6.45, 7) is 11.0. The number of anilines is 3. The number of hydrogen-bond donors (Lipinski definition) is 5. The summed E-state index contributed by atoms with van der Waals surface area (Å²) in [6, 6.07) is 13.8. The van der Waals surface area contributed by atoms with E-state index in [1.165, 1.54) is 36.5 Å². The molecule has 7 rings (SSSR count). The lowest BCUT2D eigenvalue weighted by atomic mass is 9.85. The minimum Gasteiger partial charge on any atom is -0.494 e. The number of amides is 5. The zero-order valence-corrected chi connectivity index (χ0v) is 44.9. The number of piperazine rings is 1. The summed E-state index contributed by atoms with van der Waals surface area (Å²) >= 11 is 7.54. The van der Waals surface area contributed by atoms with Crippen molar-refractivity contribution in [1.29, 1.82) is 0 Å². The van der Waals surface area contributed by atoms with Gasteiger partial charge < -0.3 is 40.9 Å². The van der Waals surface area contributed by atoms with Gasteiger partial charge >= 0.3 is 0 Å². The lowest BCUT2D eigenvalue weighted by molar-refractivity contribution is -0.144. The van der Waals surface area contributed by atoms with Gasteiger partial charge in [-0.25, -0.2) is 19.3 Å². The van der Waals surface area contributed by atoms with Crippen LogP contribution in [-0.4, -0.2) is 129 Å². The Hall–Kier alpha value is -6.54. The maximum Gasteiger partial charge on any atom is 0.248 e. The normalized spacial score (nSPS) is 16.5. The Morgan fingerprint density at radius 3 is 2.33 bits per heavy atom. The summed E-state index contributed by atoms with van der Waals surface area (Å²) < 4.78 is 19.3. The van der Waals surface area contributed by atoms with Gasteiger partial charge in [0.2, 0.25) is 29.5 Å². The number of fused-ring (bicyclic) bond motifs is 1. The number of ether oxygens (including phenoxy) is 1. The number of aryl methyl sites for hydroxylation is 1. The van der Waals surface area contributed by atoms with Gasteiger partial charge in [-0.05, 0) is 60.6 Å². The third kappa shape index (κ3) is 15.5. The minimum atomic E-state index is -0.882. The molecule has 4 heterocycles. The van der Waals surface area contributed by atoms with Gasteiger partial charge in [0.1, 0.15) is 35.8 Å². The first-order valence-electron chi connectivity index (χ1n) is 25.5. The van der Waals surface area contributed by atoms with Gasteiger partial charge in [0.15, 0.2) is 0 Å². The molecule has 5 N–H and O–H groups in total. The highest BCUT2D eigenvalue weighted by Gasteiger charge is 2.44. The van der Waals surface area contributed by atoms with Crippen LogP contribution in [0.2, 0.25) is 5.02 Å². The summed E-state index contributed by atoms with van der Waals surface area (Å²) in [5.74, 6) is -0.871. The van der Waals surface area contributed by atoms with Crippen LogP contribution in [0.3, 0.4) is 0 Å². The van der Waals surface area contributed by atoms with Gasteiger partial charge in [-0.1, -0.05) is 88.4 Å². The number of carbonyl (C=O) groups is 5. The van der Waals surface area contributed by atoms with E-state index in [1.807, 2.05) is 62.4 Å². The summed E-state index contributed by atoms with van der Waals surface area (Å²) in [6.07, 6.45) is 9.70. The number of nitrogens with zero attached hydrogens (tertiary/aromatic N) is 6. The van der Waals surface area contributed by atoms with Crippen molar-refractivity contribution in [3.05, 3.63) is 101 Å². The Balaban J connectivity index is 0.760. The number of benzene rings is 3. The second-order valence-electron chi connectivity index (χ2n) is 20.2. The molecule has 5 aromatic rings. The van der Waals surface area contributed by atoms with Crippen molar-refractivity contribution in [1.82, 2.24) is 40.3 Å². The Labute approximate surface area is 446 Å². The first-order chi connectivity index (χ1) is 36.0. The smallest absolute Gasteiger partial charge is 0.248 e. The monoisotopic (exact) mass is 1070 g/mol. The molecule has 400 valence electrons. The fourth-order valence-electron chi connectivity index (χ4n) is 9.26. The largest absolute Gasteiger partial charge is 0.494 e. The second-order valence-corrected chi connectivity index (χ2v) is 21.4. The number of β-amino-alcohol motifs (C(OH)–C–C–N with tert-alkyl or cyclic N) is 1. The summed E-state index contributed by atoms with van der Waals surface area (Å²) in [7, 11) is 1.50. The molecule has 75 heavy (non-hydrogen) atoms. The number of carbonyl (C=O) groups excluding carboxylic acids is 5. The van der Waals surface area contributed by atoms with E-state index < -0.39 is 29.4 Å². The average Bonchev–Trinajstić information content (AvgIpc) is 4.01. The van der Waals surface area contributed by atoms with E-state index in [2.05, 4.69) is 41.1 Å². The molecule has 17 nitrogen and oxygen atoms in total. The van der Waals surface area contributed by atoms with Crippen molar-refractivity contribution >= 4 is 80.6 Å². The Morgan fingerprint density at radius 2 is 1.65 bits per heavy atom. The van der Waals surface area contributed by atoms with Gasteiger partial charge in [0.05, 0.1) is 45.5 Å². The first kappa shape index (κ1) is 56.2. The number of hydrogen-bond acceptors (Lipinski definition) is 13. The number of rotatable bonds is 22. The van der Waals surface area contributed by atoms with Gasteiger partial charge in [-0.2, -0.15) is 0 Å². The van der Waals surface area contributed by atoms with E-state index in [4.69, 9.17) is 16.3 Å². The average molecular weight is 1070 g/mol. The van der Waals surface area contributed by atoms with Crippen LogP contribution >= 0.6 is 22.9 Å². The number of methoxy groups -OCH3 is 1. The number of halogens is 2. The molecule has 0 aliphatic carbocycles. The second kappa shape index (κ2) is 26.3. The van der Waals surface area contributed by atoms with Crippen molar-refractivity contribution in [2.75, 3.05) is 57.0 Å². The van der Waals surface area contributed by atoms with E-state index in [-0.39, 0.29) is 60.5 Å². The molecule has 0 radical (unpaired) electrons. The van der Waals surface area contributed by atoms with Crippen LogP contribution in [0.25, 0.3) is 21.3 Å². The lowest BCUT2D eigenvalue weighted by Crippen LogP contribution is -2.57. The SMILES string of the molecule is COc1cc2ncnc(Nc3ccc(F)c(Cl)c3)c2cc1NC(=O)/C=C/CN1CCN(C(=O)CCCCCCCCC(=O)NC(C(=O)N2C[C@H](O)C[C@H]2C(=O)NCc2ccc(-c3scnc3C)cc2)C(C)(C)C)CC1. The number of likely N-dealkylation sites (tertiary alicyclic amines) is 1. The van der Waals surface area contributed by atoms with Crippen molar-refractivity contribution < 1.29 is 38.2 Å². The molecule has 20 heteroatoms. The molecule has 5 amide bonds. The fraction of sp³-hybridized carbons (Fsp3) is 0.455. The van der Waals surface area contributed by atoms with Crippen molar-refractivity contribution in [3.63, 3.8) is 0 Å². The van der Waals surface area contributed by atoms with Crippen molar-refractivity contribution in [2.45, 2.75) is 110 Å². The van der Waals surface area contributed by atoms with Crippen LogP contribution in [0.15, 0.2) is 78.6 Å². The molecule has 0 bridgehead atoms. The molecule has 0 saturated carbocycles. The molecular formula is C55H68ClFN10O7S. The van der Waals surface area contributed by atoms with E-state index in [1.54, 1.807) is 35.6 Å². The van der Waals surface area contributed by atoms with Crippen LogP contribution in [0.5, 0.6) is 5.75 Å². The fourth-order valence-corrected chi connectivity index (χ4v) is 10.3. The molecular weight excluding hydrogens is 999 g/mol. The maximum atomic E-state index is 14.0. The van der Waals surface area contributed by atoms with Crippen molar-refractivity contribution in [2.24, 2.45) is 5.41 Å². The number of unbranched alkanes of at least 4 members (excludes halogenated alkanes) is 5. The Morgan fingerprint density at radius 1 is 0.933 bits per heavy atom. The van der Waals surface area contributed by atoms with E-state index in [9.17, 15) is 33.5 Å². The van der Waals surface area contributed by atoms with Gasteiger partial charge in [-0.3, -0.25) is 28.9 Å². The molecule has 0 spiro atoms. The maximum absolute atomic E-state index is 14.0. The first-order valence-corrected chi connectivity index (χ1v) is 26.8. The molecule has 2 fully saturated rings. The molecule has 2 aromatic heterocycles. The lowest BCUT2D eigenvalue weighted by Gasteiger charge is -2.35. The number of nitrogens with one attached hydrogen (secondary N) is 4. The topological polar surface area (TPSA) is 211 Å². The summed E-state index contributed by atoms with van der Waals surface area (Å²) in [4.78, 5) is 86.4. The summed E-state index contributed by atoms with van der Waals surface area (Å²) in [5, 5.41) is 23.1. The van der Waals surface area contributed by atoms with Gasteiger partial charge in [-0.15, -0.1) is 11.3 Å². The predicted molar refractivity (Wildman–Crippen MR) is 290 cm³/mol. The van der Waals surface area contributed by atoms with Crippen LogP contribution in [-0.2, 0) is 30.5 Å². The Bertz CT molecular complexity index is 2830. The standard InChI is InChI=1S/C55H68ClFN10O7S/c1-35-50(75-34-61-35)37-18-16-36(17-19-37)31-58-53(72)45-28-39(68)32-67(45)54(73)51(55(2,3)4)64-48(70)13-10-8-6-7-9-11-15-49(71)66-25-23-65(24-26-66)22-12-14-47(69)63-44-29-40-43(30-46(44)74-5)59-33-60-52(40)62-38-20-21-42(57)41(56)27-38/h12,14,16-21,27,29-30,33-34,39,45,51,68H,6-11,13,15,22-26,28,31-32H2,1-5H3,(H,58,72)(H,63,69)(H,64,70)(H,59,60,62)/b14-12+/t39-,45+,51?/m1/s1. The highest BCUT2D eigenvalue weighted by Crippen LogP contribution is 2.34. The third-order valence-electron chi connectivity index (χ3n) is 13.5. The third-order valence-corrected chi connectivity index (χ3v) is 14.8. The highest BCUT2D eigenvalue weighted by atomic mass is 35.5. The molecule has 2 saturated heterocycles. The zero-order valence-electron chi connectivity index (χ0n) is 43.3. The molecule has 1 unspecified atom stereocenters. The predicted octanol–water partition coefficient (Wildman–Crippen LogP) is 8.18. The van der Waals surface area contributed by atoms with E-state index in [0.29, 0.717) is 79.4 Å². The zero-order chi connectivity index (χ0) is 53.6. The van der Waals surface area contributed by atoms with Gasteiger partial charge in [0, 0.05) is 88.3 Å². The quantitative estimate of drug-likeness (QED) is 0.0328. The van der Waals surface area contributed by atoms with Crippen LogP contribution < -0.4 is 26.0 Å². The number of aliphatic hydroxyl groups is 1. The Kier molecular flexibility index (Phi) is 19.7. The molecule has 2 aliphatic rings. The van der Waals surface area contributed by atoms with Crippen LogP contribution in [0.1, 0.15) is 89.8 Å². The minimum absolute atomic E-state index is 0.0110. The van der Waals surface area contributed by atoms with Crippen molar-refractivity contribution in [3.8, 4) is 16.2 Å². The molecule has 2 aliphatic heterocycles. The molecule has 3 atom stereocenters. The van der Waals surface area contributed by atoms with E-state index in [0.717, 1.165) is 53.8 Å². The number of aliphatic hydroxyl groups excluding tert-OH is 1. The van der Waals surface area contributed by atoms with Crippen LogP contribution in [0.4, 0.5) is 21.6 Å². The number of thiazole rings is 1. The van der Waals surface area contributed by atoms with E-state index >= 15 is 0 Å².